The van der Waals surface area contributed by atoms with Gasteiger partial charge in [0.15, 0.2) is 5.69 Å². The molecular formula is C20H26ClN5O2. The van der Waals surface area contributed by atoms with Crippen LogP contribution in [0.15, 0.2) is 36.5 Å². The Kier molecular flexibility index (Phi) is 6.70. The number of anilines is 1. The van der Waals surface area contributed by atoms with Crippen molar-refractivity contribution in [1.82, 2.24) is 20.0 Å². The molecule has 3 heterocycles. The van der Waals surface area contributed by atoms with E-state index in [0.29, 0.717) is 23.0 Å². The van der Waals surface area contributed by atoms with Crippen LogP contribution in [-0.4, -0.2) is 52.7 Å². The van der Waals surface area contributed by atoms with Crippen LogP contribution in [0, 0.1) is 0 Å². The van der Waals surface area contributed by atoms with Gasteiger partial charge in [-0.15, -0.1) is 12.4 Å². The van der Waals surface area contributed by atoms with Crippen molar-refractivity contribution in [3.63, 3.8) is 0 Å². The Balaban J connectivity index is 0.00000225. The number of aromatic nitrogens is 2. The van der Waals surface area contributed by atoms with Gasteiger partial charge < -0.3 is 15.5 Å². The number of rotatable bonds is 4. The quantitative estimate of drug-likeness (QED) is 0.822. The monoisotopic (exact) mass is 403 g/mol. The van der Waals surface area contributed by atoms with Crippen LogP contribution in [-0.2, 0) is 0 Å². The molecule has 1 atom stereocenters. The zero-order valence-electron chi connectivity index (χ0n) is 15.8. The Hall–Kier alpha value is -2.38. The summed E-state index contributed by atoms with van der Waals surface area (Å²) in [6.07, 6.45) is 6.20. The number of hydrogen-bond acceptors (Lipinski definition) is 4. The summed E-state index contributed by atoms with van der Waals surface area (Å²) in [5.41, 5.74) is 1.72. The number of carbonyl (C=O) groups is 2. The highest BCUT2D eigenvalue weighted by Gasteiger charge is 2.20. The minimum Gasteiger partial charge on any atom is -0.339 e. The SMILES string of the molecule is Cl.O=C(Nc1ccc(C(=O)N2CCCC2)cc1)c1ccn(C2CCCNC2)n1. The maximum atomic E-state index is 12.5. The number of likely N-dealkylation sites (tertiary alicyclic amines) is 1. The van der Waals surface area contributed by atoms with Crippen molar-refractivity contribution in [2.75, 3.05) is 31.5 Å². The highest BCUT2D eigenvalue weighted by molar-refractivity contribution is 6.03. The van der Waals surface area contributed by atoms with Crippen LogP contribution in [0.1, 0.15) is 52.6 Å². The Bertz CT molecular complexity index is 808. The van der Waals surface area contributed by atoms with Gasteiger partial charge in [0, 0.05) is 37.1 Å². The molecule has 0 saturated carbocycles. The van der Waals surface area contributed by atoms with E-state index in [9.17, 15) is 9.59 Å². The molecule has 2 N–H and O–H groups in total. The van der Waals surface area contributed by atoms with E-state index in [0.717, 1.165) is 51.9 Å². The zero-order valence-corrected chi connectivity index (χ0v) is 16.6. The molecule has 2 aliphatic rings. The summed E-state index contributed by atoms with van der Waals surface area (Å²) in [6, 6.07) is 9.11. The first-order chi connectivity index (χ1) is 13.2. The van der Waals surface area contributed by atoms with Crippen LogP contribution in [0.3, 0.4) is 0 Å². The molecule has 1 unspecified atom stereocenters. The molecule has 150 valence electrons. The van der Waals surface area contributed by atoms with Gasteiger partial charge in [0.25, 0.3) is 11.8 Å². The largest absolute Gasteiger partial charge is 0.339 e. The molecule has 0 radical (unpaired) electrons. The van der Waals surface area contributed by atoms with Crippen molar-refractivity contribution < 1.29 is 9.59 Å². The van der Waals surface area contributed by atoms with E-state index < -0.39 is 0 Å². The Morgan fingerprint density at radius 1 is 1.07 bits per heavy atom. The molecule has 2 fully saturated rings. The van der Waals surface area contributed by atoms with E-state index in [2.05, 4.69) is 15.7 Å². The predicted octanol–water partition coefficient (Wildman–Crippen LogP) is 2.72. The summed E-state index contributed by atoms with van der Waals surface area (Å²) in [6.45, 7) is 3.59. The van der Waals surface area contributed by atoms with E-state index >= 15 is 0 Å². The second-order valence-corrected chi connectivity index (χ2v) is 7.21. The molecular weight excluding hydrogens is 378 g/mol. The maximum Gasteiger partial charge on any atom is 0.276 e. The molecule has 8 heteroatoms. The van der Waals surface area contributed by atoms with Crippen molar-refractivity contribution in [3.05, 3.63) is 47.8 Å². The van der Waals surface area contributed by atoms with Crippen LogP contribution in [0.5, 0.6) is 0 Å². The summed E-state index contributed by atoms with van der Waals surface area (Å²) < 4.78 is 1.87. The molecule has 2 saturated heterocycles. The lowest BCUT2D eigenvalue weighted by atomic mass is 10.1. The van der Waals surface area contributed by atoms with Gasteiger partial charge in [-0.2, -0.15) is 5.10 Å². The van der Waals surface area contributed by atoms with Crippen molar-refractivity contribution >= 4 is 29.9 Å². The van der Waals surface area contributed by atoms with Gasteiger partial charge in [-0.25, -0.2) is 0 Å². The third-order valence-corrected chi connectivity index (χ3v) is 5.27. The van der Waals surface area contributed by atoms with Crippen molar-refractivity contribution in [2.24, 2.45) is 0 Å². The molecule has 1 aromatic heterocycles. The fourth-order valence-corrected chi connectivity index (χ4v) is 3.72. The number of halogens is 1. The van der Waals surface area contributed by atoms with Gasteiger partial charge in [0.1, 0.15) is 0 Å². The number of amides is 2. The highest BCUT2D eigenvalue weighted by Crippen LogP contribution is 2.18. The van der Waals surface area contributed by atoms with Crippen molar-refractivity contribution in [2.45, 2.75) is 31.7 Å². The van der Waals surface area contributed by atoms with Gasteiger partial charge in [-0.05, 0) is 62.6 Å². The van der Waals surface area contributed by atoms with Crippen molar-refractivity contribution in [1.29, 1.82) is 0 Å². The molecule has 7 nitrogen and oxygen atoms in total. The third-order valence-electron chi connectivity index (χ3n) is 5.27. The molecule has 28 heavy (non-hydrogen) atoms. The Morgan fingerprint density at radius 2 is 1.82 bits per heavy atom. The highest BCUT2D eigenvalue weighted by atomic mass is 35.5. The van der Waals surface area contributed by atoms with E-state index in [1.54, 1.807) is 30.3 Å². The number of carbonyl (C=O) groups excluding carboxylic acids is 2. The topological polar surface area (TPSA) is 79.3 Å². The third kappa shape index (κ3) is 4.54. The molecule has 0 spiro atoms. The maximum absolute atomic E-state index is 12.5. The van der Waals surface area contributed by atoms with Crippen molar-refractivity contribution in [3.8, 4) is 0 Å². The van der Waals surface area contributed by atoms with Gasteiger partial charge >= 0.3 is 0 Å². The van der Waals surface area contributed by atoms with E-state index in [1.807, 2.05) is 15.8 Å². The second-order valence-electron chi connectivity index (χ2n) is 7.21. The van der Waals surface area contributed by atoms with Crippen LogP contribution in [0.2, 0.25) is 0 Å². The zero-order chi connectivity index (χ0) is 18.6. The average molecular weight is 404 g/mol. The first-order valence-electron chi connectivity index (χ1n) is 9.67. The summed E-state index contributed by atoms with van der Waals surface area (Å²) in [7, 11) is 0. The van der Waals surface area contributed by atoms with E-state index in [4.69, 9.17) is 0 Å². The summed E-state index contributed by atoms with van der Waals surface area (Å²) >= 11 is 0. The lowest BCUT2D eigenvalue weighted by molar-refractivity contribution is 0.0792. The summed E-state index contributed by atoms with van der Waals surface area (Å²) in [5, 5.41) is 10.6. The lowest BCUT2D eigenvalue weighted by Crippen LogP contribution is -2.32. The summed E-state index contributed by atoms with van der Waals surface area (Å²) in [4.78, 5) is 26.7. The number of nitrogens with zero attached hydrogens (tertiary/aromatic N) is 3. The molecule has 0 aliphatic carbocycles. The molecule has 2 aliphatic heterocycles. The van der Waals surface area contributed by atoms with Crippen LogP contribution >= 0.6 is 12.4 Å². The Morgan fingerprint density at radius 3 is 2.50 bits per heavy atom. The number of piperidine rings is 1. The first-order valence-corrected chi connectivity index (χ1v) is 9.67. The molecule has 2 amide bonds. The Labute approximate surface area is 170 Å². The van der Waals surface area contributed by atoms with Crippen LogP contribution < -0.4 is 10.6 Å². The van der Waals surface area contributed by atoms with E-state index in [-0.39, 0.29) is 24.2 Å². The molecule has 4 rings (SSSR count). The van der Waals surface area contributed by atoms with Gasteiger partial charge in [-0.1, -0.05) is 0 Å². The van der Waals surface area contributed by atoms with E-state index in [1.165, 1.54) is 0 Å². The van der Waals surface area contributed by atoms with Crippen LogP contribution in [0.4, 0.5) is 5.69 Å². The number of nitrogens with one attached hydrogen (secondary N) is 2. The van der Waals surface area contributed by atoms with Crippen LogP contribution in [0.25, 0.3) is 0 Å². The fraction of sp³-hybridized carbons (Fsp3) is 0.450. The lowest BCUT2D eigenvalue weighted by Gasteiger charge is -2.22. The predicted molar refractivity (Wildman–Crippen MR) is 110 cm³/mol. The van der Waals surface area contributed by atoms with Gasteiger partial charge in [0.05, 0.1) is 6.04 Å². The number of hydrogen-bond donors (Lipinski definition) is 2. The first kappa shape index (κ1) is 20.4. The minimum atomic E-state index is -0.240. The second kappa shape index (κ2) is 9.21. The number of benzene rings is 1. The molecule has 1 aromatic carbocycles. The fourth-order valence-electron chi connectivity index (χ4n) is 3.72. The molecule has 2 aromatic rings. The smallest absolute Gasteiger partial charge is 0.276 e. The minimum absolute atomic E-state index is 0. The average Bonchev–Trinajstić information content (AvgIpc) is 3.41. The standard InChI is InChI=1S/C20H25N5O2.ClH/c26-19(18-9-13-25(23-18)17-4-3-10-21-14-17)22-16-7-5-15(6-8-16)20(27)24-11-1-2-12-24;/h5-9,13,17,21H,1-4,10-12,14H2,(H,22,26);1H. The van der Waals surface area contributed by atoms with Gasteiger partial charge in [0.2, 0.25) is 0 Å². The normalized spacial score (nSPS) is 19.1. The summed E-state index contributed by atoms with van der Waals surface area (Å²) in [5.74, 6) is -0.179. The van der Waals surface area contributed by atoms with Gasteiger partial charge in [-0.3, -0.25) is 14.3 Å². The molecule has 0 bridgehead atoms.